The van der Waals surface area contributed by atoms with Crippen molar-refractivity contribution in [3.8, 4) is 0 Å². The SMILES string of the molecule is CCC(NC(=O)NC(C)(C(=O)O)C1CC1)c1cccs1. The molecule has 0 saturated heterocycles. The van der Waals surface area contributed by atoms with Gasteiger partial charge in [-0.25, -0.2) is 9.59 Å². The number of hydrogen-bond acceptors (Lipinski definition) is 3. The maximum Gasteiger partial charge on any atom is 0.329 e. The van der Waals surface area contributed by atoms with Gasteiger partial charge in [0.1, 0.15) is 5.54 Å². The Balaban J connectivity index is 1.99. The van der Waals surface area contributed by atoms with E-state index in [9.17, 15) is 14.7 Å². The number of hydrogen-bond donors (Lipinski definition) is 3. The Bertz CT molecular complexity index is 485. The van der Waals surface area contributed by atoms with Gasteiger partial charge in [-0.15, -0.1) is 11.3 Å². The molecule has 5 nitrogen and oxygen atoms in total. The molecule has 2 unspecified atom stereocenters. The summed E-state index contributed by atoms with van der Waals surface area (Å²) in [6.45, 7) is 3.57. The first-order chi connectivity index (χ1) is 9.47. The number of carboxylic acids is 1. The number of aliphatic carboxylic acids is 1. The van der Waals surface area contributed by atoms with Crippen molar-refractivity contribution in [1.29, 1.82) is 0 Å². The van der Waals surface area contributed by atoms with Gasteiger partial charge in [-0.3, -0.25) is 0 Å². The third kappa shape index (κ3) is 3.12. The van der Waals surface area contributed by atoms with Gasteiger partial charge >= 0.3 is 12.0 Å². The molecule has 1 saturated carbocycles. The molecule has 6 heteroatoms. The van der Waals surface area contributed by atoms with Crippen LogP contribution in [0, 0.1) is 5.92 Å². The van der Waals surface area contributed by atoms with Gasteiger partial charge in [-0.1, -0.05) is 13.0 Å². The average molecular weight is 296 g/mol. The van der Waals surface area contributed by atoms with Gasteiger partial charge in [-0.05, 0) is 43.6 Å². The predicted molar refractivity (Wildman–Crippen MR) is 77.8 cm³/mol. The monoisotopic (exact) mass is 296 g/mol. The minimum absolute atomic E-state index is 0.0348. The lowest BCUT2D eigenvalue weighted by molar-refractivity contribution is -0.144. The standard InChI is InChI=1S/C14H20N2O3S/c1-3-10(11-5-4-8-20-11)15-13(19)16-14(2,12(17)18)9-6-7-9/h4-5,8-10H,3,6-7H2,1-2H3,(H,17,18)(H2,15,16,19). The van der Waals surface area contributed by atoms with Crippen LogP contribution in [0.5, 0.6) is 0 Å². The van der Waals surface area contributed by atoms with Crippen molar-refractivity contribution in [2.24, 2.45) is 5.92 Å². The van der Waals surface area contributed by atoms with Crippen LogP contribution in [0.25, 0.3) is 0 Å². The maximum atomic E-state index is 12.1. The smallest absolute Gasteiger partial charge is 0.329 e. The van der Waals surface area contributed by atoms with Gasteiger partial charge < -0.3 is 15.7 Å². The number of carbonyl (C=O) groups is 2. The maximum absolute atomic E-state index is 12.1. The van der Waals surface area contributed by atoms with E-state index in [1.165, 1.54) is 0 Å². The van der Waals surface area contributed by atoms with Crippen LogP contribution in [0.3, 0.4) is 0 Å². The largest absolute Gasteiger partial charge is 0.480 e. The number of rotatable bonds is 6. The van der Waals surface area contributed by atoms with E-state index in [-0.39, 0.29) is 12.0 Å². The fraction of sp³-hybridized carbons (Fsp3) is 0.571. The highest BCUT2D eigenvalue weighted by atomic mass is 32.1. The molecule has 1 aromatic heterocycles. The van der Waals surface area contributed by atoms with Gasteiger partial charge in [0.2, 0.25) is 0 Å². The summed E-state index contributed by atoms with van der Waals surface area (Å²) in [5, 5.41) is 16.8. The molecule has 110 valence electrons. The summed E-state index contributed by atoms with van der Waals surface area (Å²) in [5.74, 6) is -0.938. The van der Waals surface area contributed by atoms with Crippen LogP contribution in [-0.4, -0.2) is 22.6 Å². The van der Waals surface area contributed by atoms with Gasteiger partial charge in [0, 0.05) is 4.88 Å². The number of carbonyl (C=O) groups excluding carboxylic acids is 1. The van der Waals surface area contributed by atoms with Crippen LogP contribution in [0.4, 0.5) is 4.79 Å². The summed E-state index contributed by atoms with van der Waals surface area (Å²) >= 11 is 1.58. The Morgan fingerprint density at radius 3 is 2.70 bits per heavy atom. The van der Waals surface area contributed by atoms with Crippen molar-refractivity contribution >= 4 is 23.3 Å². The summed E-state index contributed by atoms with van der Waals surface area (Å²) in [6.07, 6.45) is 2.47. The lowest BCUT2D eigenvalue weighted by Gasteiger charge is -2.27. The molecule has 3 N–H and O–H groups in total. The topological polar surface area (TPSA) is 78.4 Å². The van der Waals surface area contributed by atoms with E-state index >= 15 is 0 Å². The lowest BCUT2D eigenvalue weighted by Crippen LogP contribution is -2.57. The zero-order valence-corrected chi connectivity index (χ0v) is 12.5. The Labute approximate surface area is 122 Å². The van der Waals surface area contributed by atoms with Crippen molar-refractivity contribution in [2.75, 3.05) is 0 Å². The van der Waals surface area contributed by atoms with Gasteiger partial charge in [0.15, 0.2) is 0 Å². The second-order valence-electron chi connectivity index (χ2n) is 5.36. The highest BCUT2D eigenvalue weighted by molar-refractivity contribution is 7.10. The molecule has 2 amide bonds. The zero-order valence-electron chi connectivity index (χ0n) is 11.7. The van der Waals surface area contributed by atoms with Crippen molar-refractivity contribution < 1.29 is 14.7 Å². The molecule has 0 spiro atoms. The molecule has 0 bridgehead atoms. The number of carboxylic acid groups (broad SMARTS) is 1. The Kier molecular flexibility index (Phi) is 4.32. The van der Waals surface area contributed by atoms with Crippen LogP contribution < -0.4 is 10.6 Å². The fourth-order valence-electron chi connectivity index (χ4n) is 2.28. The van der Waals surface area contributed by atoms with Crippen LogP contribution in [0.1, 0.15) is 44.0 Å². The van der Waals surface area contributed by atoms with E-state index in [1.54, 1.807) is 18.3 Å². The molecule has 20 heavy (non-hydrogen) atoms. The van der Waals surface area contributed by atoms with Crippen molar-refractivity contribution in [2.45, 2.75) is 44.7 Å². The van der Waals surface area contributed by atoms with Gasteiger partial charge in [0.05, 0.1) is 6.04 Å². The molecule has 1 aliphatic rings. The average Bonchev–Trinajstić information content (AvgIpc) is 3.12. The van der Waals surface area contributed by atoms with Crippen LogP contribution in [0.15, 0.2) is 17.5 Å². The molecular weight excluding hydrogens is 276 g/mol. The van der Waals surface area contributed by atoms with E-state index in [0.29, 0.717) is 0 Å². The minimum Gasteiger partial charge on any atom is -0.480 e. The van der Waals surface area contributed by atoms with E-state index < -0.39 is 17.5 Å². The molecule has 0 aromatic carbocycles. The minimum atomic E-state index is -1.17. The van der Waals surface area contributed by atoms with E-state index in [2.05, 4.69) is 10.6 Å². The Morgan fingerprint density at radius 1 is 1.55 bits per heavy atom. The second kappa shape index (κ2) is 5.83. The lowest BCUT2D eigenvalue weighted by atomic mass is 9.96. The summed E-state index contributed by atoms with van der Waals surface area (Å²) in [7, 11) is 0. The number of thiophene rings is 1. The third-order valence-electron chi connectivity index (χ3n) is 3.81. The Morgan fingerprint density at radius 2 is 2.25 bits per heavy atom. The molecule has 0 aliphatic heterocycles. The summed E-state index contributed by atoms with van der Waals surface area (Å²) in [4.78, 5) is 24.5. The summed E-state index contributed by atoms with van der Waals surface area (Å²) in [6, 6.07) is 3.42. The zero-order chi connectivity index (χ0) is 14.8. The quantitative estimate of drug-likeness (QED) is 0.755. The molecule has 2 atom stereocenters. The Hall–Kier alpha value is -1.56. The van der Waals surface area contributed by atoms with Crippen molar-refractivity contribution in [1.82, 2.24) is 10.6 Å². The van der Waals surface area contributed by atoms with Crippen molar-refractivity contribution in [3.05, 3.63) is 22.4 Å². The second-order valence-corrected chi connectivity index (χ2v) is 6.34. The van der Waals surface area contributed by atoms with Crippen LogP contribution >= 0.6 is 11.3 Å². The molecule has 1 fully saturated rings. The van der Waals surface area contributed by atoms with Gasteiger partial charge in [-0.2, -0.15) is 0 Å². The molecule has 2 rings (SSSR count). The van der Waals surface area contributed by atoms with Crippen molar-refractivity contribution in [3.63, 3.8) is 0 Å². The van der Waals surface area contributed by atoms with E-state index in [4.69, 9.17) is 0 Å². The van der Waals surface area contributed by atoms with Crippen LogP contribution in [0.2, 0.25) is 0 Å². The van der Waals surface area contributed by atoms with Crippen LogP contribution in [-0.2, 0) is 4.79 Å². The first-order valence-corrected chi connectivity index (χ1v) is 7.70. The molecular formula is C14H20N2O3S. The summed E-state index contributed by atoms with van der Waals surface area (Å²) < 4.78 is 0. The van der Waals surface area contributed by atoms with E-state index in [1.807, 2.05) is 24.4 Å². The molecule has 0 radical (unpaired) electrons. The number of urea groups is 1. The fourth-order valence-corrected chi connectivity index (χ4v) is 3.15. The number of nitrogens with one attached hydrogen (secondary N) is 2. The molecule has 1 aliphatic carbocycles. The highest BCUT2D eigenvalue weighted by Crippen LogP contribution is 2.39. The number of amides is 2. The molecule has 1 aromatic rings. The third-order valence-corrected chi connectivity index (χ3v) is 4.80. The van der Waals surface area contributed by atoms with Gasteiger partial charge in [0.25, 0.3) is 0 Å². The first-order valence-electron chi connectivity index (χ1n) is 6.82. The first kappa shape index (κ1) is 14.8. The normalized spacial score (nSPS) is 18.9. The van der Waals surface area contributed by atoms with E-state index in [0.717, 1.165) is 24.1 Å². The highest BCUT2D eigenvalue weighted by Gasteiger charge is 2.48. The predicted octanol–water partition coefficient (Wildman–Crippen LogP) is 2.75. The molecule has 1 heterocycles. The summed E-state index contributed by atoms with van der Waals surface area (Å²) in [5.41, 5.74) is -1.17.